The zero-order chi connectivity index (χ0) is 17.4. The molecule has 1 aromatic heterocycles. The highest BCUT2D eigenvalue weighted by Gasteiger charge is 2.14. The van der Waals surface area contributed by atoms with Crippen molar-refractivity contribution in [2.24, 2.45) is 5.41 Å². The summed E-state index contributed by atoms with van der Waals surface area (Å²) in [7, 11) is 0. The molecule has 0 bridgehead atoms. The van der Waals surface area contributed by atoms with Crippen molar-refractivity contribution in [1.82, 2.24) is 9.97 Å². The summed E-state index contributed by atoms with van der Waals surface area (Å²) in [6.07, 6.45) is 4.56. The molecule has 6 nitrogen and oxygen atoms in total. The van der Waals surface area contributed by atoms with Crippen molar-refractivity contribution in [3.8, 4) is 17.9 Å². The number of nitrogens with zero attached hydrogens (tertiary/aromatic N) is 3. The highest BCUT2D eigenvalue weighted by Crippen LogP contribution is 2.17. The quantitative estimate of drug-likeness (QED) is 0.856. The molecule has 2 heterocycles. The number of hydrogen-bond donors (Lipinski definition) is 1. The molecule has 6 heteroatoms. The van der Waals surface area contributed by atoms with Crippen molar-refractivity contribution in [1.29, 1.82) is 5.26 Å². The standard InChI is InChI=1S/C18H24N4O2/c1-18(2,3)13-21-17-14(12-20-15(11-19)22-17)7-6-10-24-16-8-4-5-9-23-16/h12,16H,4-5,8-10,13H2,1-3H3,(H,20,21,22). The number of ether oxygens (including phenoxy) is 2. The molecule has 0 saturated carbocycles. The monoisotopic (exact) mass is 328 g/mol. The minimum atomic E-state index is -0.149. The van der Waals surface area contributed by atoms with Gasteiger partial charge in [-0.3, -0.25) is 0 Å². The first-order chi connectivity index (χ1) is 11.5. The summed E-state index contributed by atoms with van der Waals surface area (Å²) < 4.78 is 11.1. The maximum Gasteiger partial charge on any atom is 0.234 e. The van der Waals surface area contributed by atoms with Crippen LogP contribution in [0.15, 0.2) is 6.20 Å². The van der Waals surface area contributed by atoms with Crippen LogP contribution >= 0.6 is 0 Å². The lowest BCUT2D eigenvalue weighted by atomic mass is 9.97. The highest BCUT2D eigenvalue weighted by atomic mass is 16.7. The molecule has 128 valence electrons. The van der Waals surface area contributed by atoms with E-state index >= 15 is 0 Å². The fourth-order valence-electron chi connectivity index (χ4n) is 2.12. The topological polar surface area (TPSA) is 80.1 Å². The molecular formula is C18H24N4O2. The van der Waals surface area contributed by atoms with Gasteiger partial charge in [0, 0.05) is 19.3 Å². The minimum absolute atomic E-state index is 0.0872. The molecule has 0 radical (unpaired) electrons. The summed E-state index contributed by atoms with van der Waals surface area (Å²) in [6, 6.07) is 1.95. The zero-order valence-electron chi connectivity index (χ0n) is 14.6. The molecule has 1 N–H and O–H groups in total. The Morgan fingerprint density at radius 1 is 1.42 bits per heavy atom. The summed E-state index contributed by atoms with van der Waals surface area (Å²) in [5, 5.41) is 12.2. The van der Waals surface area contributed by atoms with Gasteiger partial charge in [-0.05, 0) is 24.7 Å². The Morgan fingerprint density at radius 2 is 2.25 bits per heavy atom. The smallest absolute Gasteiger partial charge is 0.234 e. The van der Waals surface area contributed by atoms with Crippen LogP contribution in [0.5, 0.6) is 0 Å². The number of nitriles is 1. The lowest BCUT2D eigenvalue weighted by Gasteiger charge is -2.21. The van der Waals surface area contributed by atoms with Gasteiger partial charge in [-0.1, -0.05) is 32.6 Å². The SMILES string of the molecule is CC(C)(C)CNc1nc(C#N)ncc1C#CCOC1CCCCO1. The van der Waals surface area contributed by atoms with E-state index in [-0.39, 0.29) is 17.5 Å². The molecule has 0 amide bonds. The summed E-state index contributed by atoms with van der Waals surface area (Å²) in [4.78, 5) is 8.20. The van der Waals surface area contributed by atoms with Crippen molar-refractivity contribution < 1.29 is 9.47 Å². The molecule has 24 heavy (non-hydrogen) atoms. The van der Waals surface area contributed by atoms with Crippen molar-refractivity contribution in [3.05, 3.63) is 17.6 Å². The first-order valence-electron chi connectivity index (χ1n) is 8.21. The number of hydrogen-bond acceptors (Lipinski definition) is 6. The van der Waals surface area contributed by atoms with E-state index in [4.69, 9.17) is 14.7 Å². The van der Waals surface area contributed by atoms with Crippen molar-refractivity contribution in [2.75, 3.05) is 25.1 Å². The van der Waals surface area contributed by atoms with Crippen molar-refractivity contribution in [2.45, 2.75) is 46.3 Å². The van der Waals surface area contributed by atoms with Crippen LogP contribution in [0.4, 0.5) is 5.82 Å². The van der Waals surface area contributed by atoms with Crippen LogP contribution < -0.4 is 5.32 Å². The van der Waals surface area contributed by atoms with Gasteiger partial charge in [-0.15, -0.1) is 0 Å². The molecule has 1 aliphatic heterocycles. The van der Waals surface area contributed by atoms with Crippen LogP contribution in [-0.2, 0) is 9.47 Å². The van der Waals surface area contributed by atoms with Crippen LogP contribution in [0.1, 0.15) is 51.4 Å². The second kappa shape index (κ2) is 8.63. The van der Waals surface area contributed by atoms with Crippen LogP contribution in [0.3, 0.4) is 0 Å². The van der Waals surface area contributed by atoms with Gasteiger partial charge in [0.25, 0.3) is 0 Å². The van der Waals surface area contributed by atoms with E-state index in [1.54, 1.807) is 6.20 Å². The zero-order valence-corrected chi connectivity index (χ0v) is 14.6. The van der Waals surface area contributed by atoms with Crippen LogP contribution in [-0.4, -0.2) is 36.0 Å². The van der Waals surface area contributed by atoms with Gasteiger partial charge in [0.15, 0.2) is 6.29 Å². The lowest BCUT2D eigenvalue weighted by molar-refractivity contribution is -0.154. The van der Waals surface area contributed by atoms with Gasteiger partial charge in [0.1, 0.15) is 18.5 Å². The van der Waals surface area contributed by atoms with Crippen LogP contribution in [0.2, 0.25) is 0 Å². The van der Waals surface area contributed by atoms with Crippen molar-refractivity contribution in [3.63, 3.8) is 0 Å². The predicted molar refractivity (Wildman–Crippen MR) is 91.1 cm³/mol. The fourth-order valence-corrected chi connectivity index (χ4v) is 2.12. The van der Waals surface area contributed by atoms with Crippen LogP contribution in [0, 0.1) is 28.6 Å². The van der Waals surface area contributed by atoms with Gasteiger partial charge in [-0.2, -0.15) is 5.26 Å². The third-order valence-corrected chi connectivity index (χ3v) is 3.38. The number of nitrogens with one attached hydrogen (secondary N) is 1. The highest BCUT2D eigenvalue weighted by molar-refractivity contribution is 5.53. The Hall–Kier alpha value is -2.15. The molecule has 1 aliphatic rings. The lowest BCUT2D eigenvalue weighted by Crippen LogP contribution is -2.22. The normalized spacial score (nSPS) is 17.5. The Balaban J connectivity index is 2.00. The van der Waals surface area contributed by atoms with E-state index in [1.165, 1.54) is 0 Å². The Morgan fingerprint density at radius 3 is 2.92 bits per heavy atom. The number of rotatable bonds is 4. The van der Waals surface area contributed by atoms with Gasteiger partial charge in [0.05, 0.1) is 5.56 Å². The molecule has 1 atom stereocenters. The van der Waals surface area contributed by atoms with E-state index < -0.39 is 0 Å². The number of anilines is 1. The summed E-state index contributed by atoms with van der Waals surface area (Å²) in [6.45, 7) is 8.13. The van der Waals surface area contributed by atoms with Gasteiger partial charge in [-0.25, -0.2) is 9.97 Å². The van der Waals surface area contributed by atoms with E-state index in [1.807, 2.05) is 6.07 Å². The first kappa shape index (κ1) is 18.2. The molecule has 1 aromatic rings. The predicted octanol–water partition coefficient (Wildman–Crippen LogP) is 2.70. The Labute approximate surface area is 143 Å². The van der Waals surface area contributed by atoms with Gasteiger partial charge >= 0.3 is 0 Å². The van der Waals surface area contributed by atoms with E-state index in [0.717, 1.165) is 32.4 Å². The van der Waals surface area contributed by atoms with E-state index in [0.29, 0.717) is 18.0 Å². The Bertz CT molecular complexity index is 644. The maximum atomic E-state index is 8.97. The average Bonchev–Trinajstić information content (AvgIpc) is 2.57. The van der Waals surface area contributed by atoms with Crippen molar-refractivity contribution >= 4 is 5.82 Å². The molecule has 0 aliphatic carbocycles. The third-order valence-electron chi connectivity index (χ3n) is 3.38. The molecule has 1 saturated heterocycles. The van der Waals surface area contributed by atoms with Gasteiger partial charge < -0.3 is 14.8 Å². The van der Waals surface area contributed by atoms with Crippen LogP contribution in [0.25, 0.3) is 0 Å². The molecule has 1 fully saturated rings. The van der Waals surface area contributed by atoms with E-state index in [9.17, 15) is 0 Å². The molecule has 0 aromatic carbocycles. The molecule has 2 rings (SSSR count). The largest absolute Gasteiger partial charge is 0.368 e. The fraction of sp³-hybridized carbons (Fsp3) is 0.611. The Kier molecular flexibility index (Phi) is 6.54. The summed E-state index contributed by atoms with van der Waals surface area (Å²) in [5.74, 6) is 6.69. The number of aromatic nitrogens is 2. The second-order valence-corrected chi connectivity index (χ2v) is 6.89. The summed E-state index contributed by atoms with van der Waals surface area (Å²) in [5.41, 5.74) is 0.746. The molecule has 0 spiro atoms. The van der Waals surface area contributed by atoms with E-state index in [2.05, 4.69) is 47.9 Å². The minimum Gasteiger partial charge on any atom is -0.368 e. The third kappa shape index (κ3) is 6.16. The maximum absolute atomic E-state index is 8.97. The average molecular weight is 328 g/mol. The molecule has 1 unspecified atom stereocenters. The second-order valence-electron chi connectivity index (χ2n) is 6.89. The first-order valence-corrected chi connectivity index (χ1v) is 8.21. The summed E-state index contributed by atoms with van der Waals surface area (Å²) >= 11 is 0. The molecular weight excluding hydrogens is 304 g/mol. The van der Waals surface area contributed by atoms with Gasteiger partial charge in [0.2, 0.25) is 5.82 Å².